The molecular formula is C15H17N5O. The molecule has 2 amide bonds. The minimum absolute atomic E-state index is 0.142. The van der Waals surface area contributed by atoms with Crippen molar-refractivity contribution < 1.29 is 4.79 Å². The Hall–Kier alpha value is -2.81. The van der Waals surface area contributed by atoms with Gasteiger partial charge in [0.25, 0.3) is 0 Å². The third kappa shape index (κ3) is 3.39. The van der Waals surface area contributed by atoms with E-state index >= 15 is 0 Å². The first-order valence-corrected chi connectivity index (χ1v) is 6.57. The van der Waals surface area contributed by atoms with Crippen molar-refractivity contribution in [2.75, 3.05) is 5.32 Å². The number of urea groups is 1. The second kappa shape index (κ2) is 6.09. The van der Waals surface area contributed by atoms with Crippen LogP contribution in [0.4, 0.5) is 10.5 Å². The Morgan fingerprint density at radius 2 is 2.05 bits per heavy atom. The van der Waals surface area contributed by atoms with Gasteiger partial charge in [-0.15, -0.1) is 0 Å². The predicted molar refractivity (Wildman–Crippen MR) is 79.7 cm³/mol. The number of carbonyl (C=O) groups excluding carboxylic acids is 1. The molecule has 2 rings (SSSR count). The second-order valence-corrected chi connectivity index (χ2v) is 4.82. The number of hydrogen-bond donors (Lipinski definition) is 2. The minimum Gasteiger partial charge on any atom is -0.331 e. The summed E-state index contributed by atoms with van der Waals surface area (Å²) in [6.07, 6.45) is 1.75. The van der Waals surface area contributed by atoms with Gasteiger partial charge in [-0.2, -0.15) is 10.4 Å². The van der Waals surface area contributed by atoms with Crippen LogP contribution in [0.25, 0.3) is 0 Å². The van der Waals surface area contributed by atoms with Crippen molar-refractivity contribution in [3.63, 3.8) is 0 Å². The molecule has 0 aliphatic heterocycles. The Balaban J connectivity index is 1.98. The van der Waals surface area contributed by atoms with E-state index in [2.05, 4.69) is 15.7 Å². The molecule has 0 spiro atoms. The summed E-state index contributed by atoms with van der Waals surface area (Å²) in [6, 6.07) is 8.29. The second-order valence-electron chi connectivity index (χ2n) is 4.82. The lowest BCUT2D eigenvalue weighted by Gasteiger charge is -2.14. The number of rotatable bonds is 3. The zero-order chi connectivity index (χ0) is 15.4. The van der Waals surface area contributed by atoms with E-state index in [0.29, 0.717) is 11.3 Å². The quantitative estimate of drug-likeness (QED) is 0.907. The van der Waals surface area contributed by atoms with Crippen molar-refractivity contribution in [3.05, 3.63) is 47.3 Å². The molecule has 0 saturated heterocycles. The average molecular weight is 283 g/mol. The lowest BCUT2D eigenvalue weighted by Crippen LogP contribution is -2.31. The highest BCUT2D eigenvalue weighted by Gasteiger charge is 2.14. The van der Waals surface area contributed by atoms with Gasteiger partial charge in [0.15, 0.2) is 0 Å². The fourth-order valence-electron chi connectivity index (χ4n) is 2.01. The lowest BCUT2D eigenvalue weighted by atomic mass is 10.1. The molecule has 1 aromatic carbocycles. The summed E-state index contributed by atoms with van der Waals surface area (Å²) >= 11 is 0. The summed E-state index contributed by atoms with van der Waals surface area (Å²) in [5, 5.41) is 18.5. The maximum Gasteiger partial charge on any atom is 0.319 e. The van der Waals surface area contributed by atoms with Crippen molar-refractivity contribution in [2.24, 2.45) is 7.05 Å². The molecule has 0 unspecified atom stereocenters. The van der Waals surface area contributed by atoms with Crippen LogP contribution in [0.1, 0.15) is 29.8 Å². The molecular weight excluding hydrogens is 266 g/mol. The van der Waals surface area contributed by atoms with Crippen LogP contribution >= 0.6 is 0 Å². The number of amides is 2. The molecule has 6 heteroatoms. The van der Waals surface area contributed by atoms with Crippen molar-refractivity contribution in [2.45, 2.75) is 19.9 Å². The van der Waals surface area contributed by atoms with Crippen LogP contribution in [0.3, 0.4) is 0 Å². The summed E-state index contributed by atoms with van der Waals surface area (Å²) in [4.78, 5) is 12.0. The lowest BCUT2D eigenvalue weighted by molar-refractivity contribution is 0.249. The molecule has 0 aliphatic rings. The molecule has 0 fully saturated rings. The van der Waals surface area contributed by atoms with E-state index in [0.717, 1.165) is 11.3 Å². The van der Waals surface area contributed by atoms with Gasteiger partial charge in [0.1, 0.15) is 0 Å². The summed E-state index contributed by atoms with van der Waals surface area (Å²) in [7, 11) is 1.86. The van der Waals surface area contributed by atoms with Gasteiger partial charge in [0.05, 0.1) is 23.9 Å². The minimum atomic E-state index is -0.296. The van der Waals surface area contributed by atoms with Crippen LogP contribution < -0.4 is 10.6 Å². The largest absolute Gasteiger partial charge is 0.331 e. The van der Waals surface area contributed by atoms with Gasteiger partial charge in [-0.25, -0.2) is 4.79 Å². The molecule has 0 radical (unpaired) electrons. The van der Waals surface area contributed by atoms with E-state index in [4.69, 9.17) is 5.26 Å². The molecule has 1 aromatic heterocycles. The number of aromatic nitrogens is 2. The Bertz CT molecular complexity index is 681. The van der Waals surface area contributed by atoms with E-state index in [1.165, 1.54) is 0 Å². The van der Waals surface area contributed by atoms with Crippen LogP contribution in [0.2, 0.25) is 0 Å². The van der Waals surface area contributed by atoms with Gasteiger partial charge < -0.3 is 10.6 Å². The van der Waals surface area contributed by atoms with Crippen LogP contribution in [0.15, 0.2) is 30.5 Å². The molecule has 108 valence electrons. The number of carbonyl (C=O) groups is 1. The van der Waals surface area contributed by atoms with E-state index in [-0.39, 0.29) is 12.1 Å². The smallest absolute Gasteiger partial charge is 0.319 e. The van der Waals surface area contributed by atoms with Gasteiger partial charge in [-0.1, -0.05) is 0 Å². The Kier molecular flexibility index (Phi) is 4.24. The molecule has 2 N–H and O–H groups in total. The van der Waals surface area contributed by atoms with Crippen LogP contribution in [-0.2, 0) is 7.05 Å². The Morgan fingerprint density at radius 3 is 2.57 bits per heavy atom. The first-order valence-electron chi connectivity index (χ1n) is 6.57. The Morgan fingerprint density at radius 1 is 1.38 bits per heavy atom. The maximum absolute atomic E-state index is 12.0. The monoisotopic (exact) mass is 283 g/mol. The highest BCUT2D eigenvalue weighted by molar-refractivity contribution is 5.89. The Labute approximate surface area is 123 Å². The van der Waals surface area contributed by atoms with Crippen molar-refractivity contribution in [3.8, 4) is 6.07 Å². The molecule has 6 nitrogen and oxygen atoms in total. The molecule has 1 heterocycles. The topological polar surface area (TPSA) is 82.7 Å². The SMILES string of the molecule is Cc1c([C@@H](C)NC(=O)Nc2ccc(C#N)cc2)cnn1C. The van der Waals surface area contributed by atoms with E-state index in [1.54, 1.807) is 35.1 Å². The number of nitrogens with zero attached hydrogens (tertiary/aromatic N) is 3. The van der Waals surface area contributed by atoms with Crippen molar-refractivity contribution in [1.82, 2.24) is 15.1 Å². The number of benzene rings is 1. The van der Waals surface area contributed by atoms with Crippen molar-refractivity contribution >= 4 is 11.7 Å². The summed E-state index contributed by atoms with van der Waals surface area (Å²) in [6.45, 7) is 3.86. The van der Waals surface area contributed by atoms with Gasteiger partial charge in [0, 0.05) is 24.0 Å². The number of hydrogen-bond acceptors (Lipinski definition) is 3. The van der Waals surface area contributed by atoms with Gasteiger partial charge in [0.2, 0.25) is 0 Å². The molecule has 0 saturated carbocycles. The molecule has 1 atom stereocenters. The van der Waals surface area contributed by atoms with Crippen LogP contribution in [-0.4, -0.2) is 15.8 Å². The average Bonchev–Trinajstić information content (AvgIpc) is 2.79. The standard InChI is InChI=1S/C15H17N5O/c1-10(14-9-17-20(3)11(14)2)18-15(21)19-13-6-4-12(8-16)5-7-13/h4-7,9-10H,1-3H3,(H2,18,19,21)/t10-/m1/s1. The number of aryl methyl sites for hydroxylation is 1. The first-order chi connectivity index (χ1) is 10.0. The zero-order valence-corrected chi connectivity index (χ0v) is 12.2. The number of anilines is 1. The van der Waals surface area contributed by atoms with Crippen LogP contribution in [0, 0.1) is 18.3 Å². The molecule has 0 aliphatic carbocycles. The van der Waals surface area contributed by atoms with E-state index in [9.17, 15) is 4.79 Å². The fourth-order valence-corrected chi connectivity index (χ4v) is 2.01. The van der Waals surface area contributed by atoms with Crippen LogP contribution in [0.5, 0.6) is 0 Å². The number of nitriles is 1. The van der Waals surface area contributed by atoms with Gasteiger partial charge in [-0.3, -0.25) is 4.68 Å². The molecule has 2 aromatic rings. The molecule has 0 bridgehead atoms. The third-order valence-electron chi connectivity index (χ3n) is 3.36. The highest BCUT2D eigenvalue weighted by atomic mass is 16.2. The maximum atomic E-state index is 12.0. The predicted octanol–water partition coefficient (Wildman–Crippen LogP) is 2.48. The first kappa shape index (κ1) is 14.6. The van der Waals surface area contributed by atoms with Gasteiger partial charge in [-0.05, 0) is 38.1 Å². The van der Waals surface area contributed by atoms with E-state index in [1.807, 2.05) is 27.0 Å². The van der Waals surface area contributed by atoms with Crippen molar-refractivity contribution in [1.29, 1.82) is 5.26 Å². The fraction of sp³-hybridized carbons (Fsp3) is 0.267. The molecule has 21 heavy (non-hydrogen) atoms. The summed E-state index contributed by atoms with van der Waals surface area (Å²) in [5.41, 5.74) is 3.19. The van der Waals surface area contributed by atoms with Gasteiger partial charge >= 0.3 is 6.03 Å². The zero-order valence-electron chi connectivity index (χ0n) is 12.2. The normalized spacial score (nSPS) is 11.5. The van der Waals surface area contributed by atoms with E-state index < -0.39 is 0 Å². The summed E-state index contributed by atoms with van der Waals surface area (Å²) < 4.78 is 1.77. The summed E-state index contributed by atoms with van der Waals surface area (Å²) in [5.74, 6) is 0. The third-order valence-corrected chi connectivity index (χ3v) is 3.36. The number of nitrogens with one attached hydrogen (secondary N) is 2. The highest BCUT2D eigenvalue weighted by Crippen LogP contribution is 2.16.